The molecule has 0 spiro atoms. The van der Waals surface area contributed by atoms with Gasteiger partial charge in [-0.15, -0.1) is 24.0 Å². The molecule has 6 nitrogen and oxygen atoms in total. The molecule has 1 saturated heterocycles. The Morgan fingerprint density at radius 3 is 2.65 bits per heavy atom. The van der Waals surface area contributed by atoms with Crippen LogP contribution in [0.3, 0.4) is 0 Å². The lowest BCUT2D eigenvalue weighted by molar-refractivity contribution is 0.0203. The summed E-state index contributed by atoms with van der Waals surface area (Å²) < 4.78 is 17.5. The number of guanidine groups is 1. The molecule has 1 aromatic carbocycles. The number of rotatable bonds is 11. The highest BCUT2D eigenvalue weighted by Crippen LogP contribution is 2.27. The fraction of sp³-hybridized carbons (Fsp3) is 0.708. The van der Waals surface area contributed by atoms with E-state index in [0.717, 1.165) is 76.1 Å². The van der Waals surface area contributed by atoms with E-state index in [1.165, 1.54) is 25.7 Å². The summed E-state index contributed by atoms with van der Waals surface area (Å²) in [6.07, 6.45) is 8.47. The molecule has 1 saturated carbocycles. The predicted octanol–water partition coefficient (Wildman–Crippen LogP) is 4.51. The van der Waals surface area contributed by atoms with Gasteiger partial charge in [-0.05, 0) is 63.9 Å². The molecular formula is C24H40IN3O3. The number of nitrogens with zero attached hydrogens (tertiary/aromatic N) is 1. The molecule has 0 atom stereocenters. The van der Waals surface area contributed by atoms with Crippen LogP contribution in [0.4, 0.5) is 0 Å². The highest BCUT2D eigenvalue weighted by Gasteiger charge is 2.17. The number of hydrogen-bond donors (Lipinski definition) is 2. The minimum atomic E-state index is 0. The van der Waals surface area contributed by atoms with Gasteiger partial charge in [0.1, 0.15) is 5.75 Å². The van der Waals surface area contributed by atoms with E-state index in [2.05, 4.69) is 35.8 Å². The maximum Gasteiger partial charge on any atom is 0.191 e. The highest BCUT2D eigenvalue weighted by atomic mass is 127. The maximum atomic E-state index is 6.24. The van der Waals surface area contributed by atoms with Gasteiger partial charge in [0.25, 0.3) is 0 Å². The molecule has 2 N–H and O–H groups in total. The average molecular weight is 546 g/mol. The van der Waals surface area contributed by atoms with Crippen LogP contribution in [0.25, 0.3) is 0 Å². The van der Waals surface area contributed by atoms with Crippen LogP contribution in [-0.2, 0) is 16.0 Å². The normalized spacial score (nSPS) is 17.9. The molecule has 31 heavy (non-hydrogen) atoms. The summed E-state index contributed by atoms with van der Waals surface area (Å²) in [5.74, 6) is 2.49. The summed E-state index contributed by atoms with van der Waals surface area (Å²) >= 11 is 0. The number of benzene rings is 1. The lowest BCUT2D eigenvalue weighted by Crippen LogP contribution is -2.38. The standard InChI is InChI=1S/C24H39N3O3.HI/c1-2-25-24(26-14-7-15-29-19-20-12-16-28-17-13-20)27-18-21-8-3-6-11-23(21)30-22-9-4-5-10-22;/h3,6,8,11,20,22H,2,4-5,7,9-10,12-19H2,1H3,(H2,25,26,27);1H. The fourth-order valence-corrected chi connectivity index (χ4v) is 3.99. The number of nitrogens with one attached hydrogen (secondary N) is 2. The Balaban J connectivity index is 0.00000341. The summed E-state index contributed by atoms with van der Waals surface area (Å²) in [5, 5.41) is 6.75. The Morgan fingerprint density at radius 1 is 1.10 bits per heavy atom. The van der Waals surface area contributed by atoms with Crippen molar-refractivity contribution in [2.24, 2.45) is 10.9 Å². The second-order valence-electron chi connectivity index (χ2n) is 8.24. The van der Waals surface area contributed by atoms with Crippen LogP contribution < -0.4 is 15.4 Å². The summed E-state index contributed by atoms with van der Waals surface area (Å²) in [6.45, 7) is 7.78. The van der Waals surface area contributed by atoms with E-state index in [1.807, 2.05) is 6.07 Å². The van der Waals surface area contributed by atoms with Gasteiger partial charge >= 0.3 is 0 Å². The van der Waals surface area contributed by atoms with Crippen molar-refractivity contribution in [1.29, 1.82) is 0 Å². The zero-order chi connectivity index (χ0) is 20.9. The van der Waals surface area contributed by atoms with Gasteiger partial charge in [0.15, 0.2) is 5.96 Å². The van der Waals surface area contributed by atoms with Crippen LogP contribution in [0, 0.1) is 5.92 Å². The van der Waals surface area contributed by atoms with Crippen molar-refractivity contribution >= 4 is 29.9 Å². The third-order valence-electron chi connectivity index (χ3n) is 5.77. The minimum Gasteiger partial charge on any atom is -0.490 e. The van der Waals surface area contributed by atoms with Crippen molar-refractivity contribution in [3.63, 3.8) is 0 Å². The average Bonchev–Trinajstić information content (AvgIpc) is 3.29. The van der Waals surface area contributed by atoms with Gasteiger partial charge in [-0.1, -0.05) is 18.2 Å². The molecule has 0 amide bonds. The van der Waals surface area contributed by atoms with Crippen LogP contribution >= 0.6 is 24.0 Å². The van der Waals surface area contributed by atoms with E-state index in [9.17, 15) is 0 Å². The maximum absolute atomic E-state index is 6.24. The van der Waals surface area contributed by atoms with E-state index in [1.54, 1.807) is 0 Å². The molecule has 0 unspecified atom stereocenters. The topological polar surface area (TPSA) is 64.1 Å². The quantitative estimate of drug-likeness (QED) is 0.185. The third kappa shape index (κ3) is 9.95. The van der Waals surface area contributed by atoms with E-state index >= 15 is 0 Å². The van der Waals surface area contributed by atoms with Gasteiger partial charge in [0, 0.05) is 45.1 Å². The first-order valence-electron chi connectivity index (χ1n) is 11.8. The first kappa shape index (κ1) is 26.2. The predicted molar refractivity (Wildman–Crippen MR) is 137 cm³/mol. The van der Waals surface area contributed by atoms with Crippen molar-refractivity contribution in [3.05, 3.63) is 29.8 Å². The van der Waals surface area contributed by atoms with E-state index in [4.69, 9.17) is 19.2 Å². The van der Waals surface area contributed by atoms with Gasteiger partial charge in [-0.25, -0.2) is 4.99 Å². The minimum absolute atomic E-state index is 0. The van der Waals surface area contributed by atoms with Crippen LogP contribution in [0.5, 0.6) is 5.75 Å². The van der Waals surface area contributed by atoms with Crippen LogP contribution in [0.15, 0.2) is 29.3 Å². The monoisotopic (exact) mass is 545 g/mol. The van der Waals surface area contributed by atoms with E-state index in [0.29, 0.717) is 18.6 Å². The van der Waals surface area contributed by atoms with Crippen LogP contribution in [0.2, 0.25) is 0 Å². The molecular weight excluding hydrogens is 505 g/mol. The van der Waals surface area contributed by atoms with Gasteiger partial charge < -0.3 is 24.8 Å². The number of para-hydroxylation sites is 1. The second kappa shape index (κ2) is 15.7. The van der Waals surface area contributed by atoms with E-state index in [-0.39, 0.29) is 24.0 Å². The number of halogens is 1. The SMILES string of the molecule is CCNC(=NCc1ccccc1OC1CCCC1)NCCCOCC1CCOCC1.I. The van der Waals surface area contributed by atoms with Gasteiger partial charge in [0.2, 0.25) is 0 Å². The second-order valence-corrected chi connectivity index (χ2v) is 8.24. The third-order valence-corrected chi connectivity index (χ3v) is 5.77. The van der Waals surface area contributed by atoms with Crippen LogP contribution in [0.1, 0.15) is 57.4 Å². The van der Waals surface area contributed by atoms with Crippen molar-refractivity contribution in [3.8, 4) is 5.75 Å². The molecule has 1 aliphatic heterocycles. The summed E-state index contributed by atoms with van der Waals surface area (Å²) in [6, 6.07) is 8.28. The zero-order valence-corrected chi connectivity index (χ0v) is 21.3. The zero-order valence-electron chi connectivity index (χ0n) is 18.9. The molecule has 1 aliphatic carbocycles. The van der Waals surface area contributed by atoms with Gasteiger partial charge in [-0.3, -0.25) is 0 Å². The van der Waals surface area contributed by atoms with Crippen molar-refractivity contribution in [1.82, 2.24) is 10.6 Å². The number of aliphatic imine (C=N–C) groups is 1. The molecule has 0 bridgehead atoms. The summed E-state index contributed by atoms with van der Waals surface area (Å²) in [5.41, 5.74) is 1.14. The van der Waals surface area contributed by atoms with Crippen molar-refractivity contribution in [2.75, 3.05) is 39.5 Å². The Labute approximate surface area is 204 Å². The van der Waals surface area contributed by atoms with Crippen molar-refractivity contribution in [2.45, 2.75) is 64.5 Å². The first-order chi connectivity index (χ1) is 14.8. The molecule has 0 radical (unpaired) electrons. The Bertz CT molecular complexity index is 632. The first-order valence-corrected chi connectivity index (χ1v) is 11.8. The molecule has 1 heterocycles. The largest absolute Gasteiger partial charge is 0.490 e. The fourth-order valence-electron chi connectivity index (χ4n) is 3.99. The smallest absolute Gasteiger partial charge is 0.191 e. The molecule has 3 rings (SSSR count). The molecule has 0 aromatic heterocycles. The summed E-state index contributed by atoms with van der Waals surface area (Å²) in [4.78, 5) is 4.77. The van der Waals surface area contributed by atoms with Crippen molar-refractivity contribution < 1.29 is 14.2 Å². The Morgan fingerprint density at radius 2 is 1.87 bits per heavy atom. The van der Waals surface area contributed by atoms with Gasteiger partial charge in [-0.2, -0.15) is 0 Å². The lowest BCUT2D eigenvalue weighted by Gasteiger charge is -2.21. The molecule has 2 aliphatic rings. The Hall–Kier alpha value is -1.06. The lowest BCUT2D eigenvalue weighted by atomic mass is 10.0. The molecule has 7 heteroatoms. The molecule has 176 valence electrons. The van der Waals surface area contributed by atoms with Gasteiger partial charge in [0.05, 0.1) is 12.6 Å². The number of hydrogen-bond acceptors (Lipinski definition) is 4. The molecule has 1 aromatic rings. The Kier molecular flexibility index (Phi) is 13.3. The van der Waals surface area contributed by atoms with E-state index < -0.39 is 0 Å². The number of ether oxygens (including phenoxy) is 3. The summed E-state index contributed by atoms with van der Waals surface area (Å²) in [7, 11) is 0. The highest BCUT2D eigenvalue weighted by molar-refractivity contribution is 14.0. The van der Waals surface area contributed by atoms with Crippen LogP contribution in [-0.4, -0.2) is 51.6 Å². The molecule has 2 fully saturated rings.